The van der Waals surface area contributed by atoms with Gasteiger partial charge in [0.25, 0.3) is 0 Å². The van der Waals surface area contributed by atoms with Crippen LogP contribution in [0.25, 0.3) is 0 Å². The summed E-state index contributed by atoms with van der Waals surface area (Å²) < 4.78 is 7.25. The van der Waals surface area contributed by atoms with Crippen LogP contribution >= 0.6 is 24.4 Å². The first-order valence-corrected chi connectivity index (χ1v) is 7.64. The predicted molar refractivity (Wildman–Crippen MR) is 87.1 cm³/mol. The molecule has 0 unspecified atom stereocenters. The zero-order valence-electron chi connectivity index (χ0n) is 12.3. The van der Waals surface area contributed by atoms with Crippen molar-refractivity contribution < 1.29 is 4.74 Å². The van der Waals surface area contributed by atoms with E-state index in [1.807, 2.05) is 0 Å². The van der Waals surface area contributed by atoms with Crippen molar-refractivity contribution in [1.29, 1.82) is 0 Å². The summed E-state index contributed by atoms with van der Waals surface area (Å²) in [6.07, 6.45) is 0. The smallest absolute Gasteiger partial charge is 0.0796 e. The molecule has 1 N–H and O–H groups in total. The summed E-state index contributed by atoms with van der Waals surface area (Å²) in [4.78, 5) is 2.23. The van der Waals surface area contributed by atoms with Crippen LogP contribution in [0.2, 0.25) is 0 Å². The Balaban J connectivity index is 2.26. The van der Waals surface area contributed by atoms with E-state index in [1.165, 1.54) is 5.56 Å². The highest BCUT2D eigenvalue weighted by molar-refractivity contribution is 7.74. The van der Waals surface area contributed by atoms with Crippen LogP contribution in [-0.2, 0) is 4.74 Å². The van der Waals surface area contributed by atoms with Crippen LogP contribution in [0.5, 0.6) is 0 Å². The Bertz CT molecular complexity index is 464. The minimum Gasteiger partial charge on any atom is -0.381 e. The minimum atomic E-state index is 0.431. The highest BCUT2D eigenvalue weighted by Crippen LogP contribution is 2.32. The van der Waals surface area contributed by atoms with E-state index in [0.29, 0.717) is 12.5 Å². The van der Waals surface area contributed by atoms with E-state index < -0.39 is 0 Å². The Morgan fingerprint density at radius 3 is 2.47 bits per heavy atom. The molecular weight excluding hydrogens is 276 g/mol. The number of nitrogens with one attached hydrogen (secondary N) is 1. The number of ether oxygens (including phenoxy) is 1. The summed E-state index contributed by atoms with van der Waals surface area (Å²) in [6.45, 7) is 10.7. The molecule has 0 aliphatic carbocycles. The summed E-state index contributed by atoms with van der Waals surface area (Å²) in [5.74, 6) is 0.431. The van der Waals surface area contributed by atoms with Gasteiger partial charge in [0.2, 0.25) is 0 Å². The Labute approximate surface area is 126 Å². The van der Waals surface area contributed by atoms with Gasteiger partial charge >= 0.3 is 0 Å². The normalized spacial score (nSPS) is 11.7. The molecule has 0 amide bonds. The summed E-state index contributed by atoms with van der Waals surface area (Å²) >= 11 is 10.5. The molecule has 0 radical (unpaired) electrons. The number of hydrogen-bond donors (Lipinski definition) is 1. The zero-order valence-corrected chi connectivity index (χ0v) is 13.9. The lowest BCUT2D eigenvalue weighted by atomic mass is 9.97. The van der Waals surface area contributed by atoms with Crippen molar-refractivity contribution in [3.05, 3.63) is 14.6 Å². The molecule has 108 valence electrons. The molecule has 1 aromatic rings. The second-order valence-electron chi connectivity index (χ2n) is 5.04. The van der Waals surface area contributed by atoms with Crippen molar-refractivity contribution in [2.75, 3.05) is 45.2 Å². The maximum Gasteiger partial charge on any atom is 0.0796 e. The van der Waals surface area contributed by atoms with Gasteiger partial charge < -0.3 is 15.0 Å². The molecule has 0 fully saturated rings. The highest BCUT2D eigenvalue weighted by atomic mass is 32.1. The molecule has 0 bridgehead atoms. The molecule has 0 spiro atoms. The van der Waals surface area contributed by atoms with Crippen LogP contribution in [0.15, 0.2) is 0 Å². The molecule has 1 rings (SSSR count). The van der Waals surface area contributed by atoms with Gasteiger partial charge in [-0.2, -0.15) is 0 Å². The van der Waals surface area contributed by atoms with Gasteiger partial charge in [0.05, 0.1) is 27.9 Å². The molecule has 0 aromatic heterocycles. The lowest BCUT2D eigenvalue weighted by Crippen LogP contribution is -2.24. The Kier molecular flexibility index (Phi) is 7.07. The first kappa shape index (κ1) is 16.7. The molecule has 0 saturated carbocycles. The van der Waals surface area contributed by atoms with Crippen LogP contribution < -0.4 is 5.32 Å². The Morgan fingerprint density at radius 2 is 1.89 bits per heavy atom. The van der Waals surface area contributed by atoms with E-state index in [4.69, 9.17) is 29.2 Å². The van der Waals surface area contributed by atoms with Crippen LogP contribution in [0.1, 0.15) is 32.3 Å². The molecule has 5 heteroatoms. The topological polar surface area (TPSA) is 24.5 Å². The third-order valence-corrected chi connectivity index (χ3v) is 4.19. The number of nitrogens with zero attached hydrogens (tertiary/aromatic N) is 1. The Morgan fingerprint density at radius 1 is 1.21 bits per heavy atom. The number of rotatable bonds is 9. The van der Waals surface area contributed by atoms with E-state index in [0.717, 1.165) is 40.9 Å². The molecule has 0 aliphatic rings. The fraction of sp³-hybridized carbons (Fsp3) is 0.714. The highest BCUT2D eigenvalue weighted by Gasteiger charge is 2.16. The second-order valence-corrected chi connectivity index (χ2v) is 5.85. The van der Waals surface area contributed by atoms with Gasteiger partial charge in [-0.1, -0.05) is 45.2 Å². The number of hydrogen-bond acceptors (Lipinski definition) is 5. The fourth-order valence-electron chi connectivity index (χ4n) is 1.86. The molecule has 0 heterocycles. The van der Waals surface area contributed by atoms with Gasteiger partial charge in [0, 0.05) is 13.1 Å². The average molecular weight is 300 g/mol. The van der Waals surface area contributed by atoms with E-state index in [2.05, 4.69) is 38.0 Å². The van der Waals surface area contributed by atoms with Gasteiger partial charge in [-0.05, 0) is 25.1 Å². The van der Waals surface area contributed by atoms with Crippen LogP contribution in [0.4, 0.5) is 5.69 Å². The SMILES string of the molecule is CCN(C)CCOCCNc1c(C(C)C)c(=S)c1=S. The maximum absolute atomic E-state index is 5.58. The van der Waals surface area contributed by atoms with Crippen LogP contribution in [0.3, 0.4) is 0 Å². The predicted octanol–water partition coefficient (Wildman–Crippen LogP) is 3.52. The van der Waals surface area contributed by atoms with Crippen molar-refractivity contribution >= 4 is 30.1 Å². The molecule has 0 atom stereocenters. The second kappa shape index (κ2) is 8.04. The van der Waals surface area contributed by atoms with Gasteiger partial charge in [-0.3, -0.25) is 0 Å². The monoisotopic (exact) mass is 300 g/mol. The number of likely N-dealkylation sites (N-methyl/N-ethyl adjacent to an activating group) is 1. The van der Waals surface area contributed by atoms with Gasteiger partial charge in [0.15, 0.2) is 0 Å². The summed E-state index contributed by atoms with van der Waals surface area (Å²) in [7, 11) is 2.09. The summed E-state index contributed by atoms with van der Waals surface area (Å²) in [5, 5.41) is 3.35. The van der Waals surface area contributed by atoms with Gasteiger partial charge in [-0.25, -0.2) is 0 Å². The summed E-state index contributed by atoms with van der Waals surface area (Å²) in [6, 6.07) is 0. The quantitative estimate of drug-likeness (QED) is 0.555. The van der Waals surface area contributed by atoms with Crippen molar-refractivity contribution in [3.8, 4) is 0 Å². The first-order valence-electron chi connectivity index (χ1n) is 6.82. The lowest BCUT2D eigenvalue weighted by Gasteiger charge is -2.19. The van der Waals surface area contributed by atoms with E-state index in [9.17, 15) is 0 Å². The summed E-state index contributed by atoms with van der Waals surface area (Å²) in [5.41, 5.74) is 2.26. The maximum atomic E-state index is 5.58. The third-order valence-electron chi connectivity index (χ3n) is 3.23. The van der Waals surface area contributed by atoms with Crippen molar-refractivity contribution in [2.45, 2.75) is 26.7 Å². The molecular formula is C14H24N2OS2. The molecule has 1 aromatic carbocycles. The zero-order chi connectivity index (χ0) is 14.4. The number of anilines is 1. The molecule has 0 aliphatic heterocycles. The average Bonchev–Trinajstić information content (AvgIpc) is 2.39. The molecule has 19 heavy (non-hydrogen) atoms. The van der Waals surface area contributed by atoms with Crippen LogP contribution in [-0.4, -0.2) is 44.8 Å². The van der Waals surface area contributed by atoms with Crippen molar-refractivity contribution in [1.82, 2.24) is 4.90 Å². The third kappa shape index (κ3) is 4.60. The van der Waals surface area contributed by atoms with Crippen LogP contribution in [0, 0.1) is 9.02 Å². The molecule has 3 nitrogen and oxygen atoms in total. The van der Waals surface area contributed by atoms with E-state index in [-0.39, 0.29) is 0 Å². The minimum absolute atomic E-state index is 0.431. The standard InChI is InChI=1S/C14H24N2OS2/c1-5-16(4)7-9-17-8-6-15-12-11(10(2)3)13(18)14(12)19/h10,15H,5-9H2,1-4H3. The van der Waals surface area contributed by atoms with Crippen molar-refractivity contribution in [3.63, 3.8) is 0 Å². The first-order chi connectivity index (χ1) is 8.99. The Hall–Kier alpha value is -0.360. The van der Waals surface area contributed by atoms with E-state index >= 15 is 0 Å². The van der Waals surface area contributed by atoms with Gasteiger partial charge in [-0.15, -0.1) is 0 Å². The fourth-order valence-corrected chi connectivity index (χ4v) is 2.60. The van der Waals surface area contributed by atoms with Crippen molar-refractivity contribution in [2.24, 2.45) is 0 Å². The molecule has 0 saturated heterocycles. The lowest BCUT2D eigenvalue weighted by molar-refractivity contribution is 0.121. The largest absolute Gasteiger partial charge is 0.381 e. The van der Waals surface area contributed by atoms with Gasteiger partial charge in [0.1, 0.15) is 0 Å². The van der Waals surface area contributed by atoms with E-state index in [1.54, 1.807) is 0 Å².